The third kappa shape index (κ3) is 2.88. The van der Waals surface area contributed by atoms with Gasteiger partial charge < -0.3 is 20.7 Å². The Morgan fingerprint density at radius 3 is 2.95 bits per heavy atom. The van der Waals surface area contributed by atoms with E-state index in [4.69, 9.17) is 5.73 Å². The van der Waals surface area contributed by atoms with Crippen molar-refractivity contribution in [3.05, 3.63) is 30.0 Å². The van der Waals surface area contributed by atoms with Gasteiger partial charge in [0.1, 0.15) is 5.69 Å². The van der Waals surface area contributed by atoms with E-state index in [2.05, 4.69) is 4.98 Å². The second-order valence-corrected chi connectivity index (χ2v) is 6.17. The number of carbonyl (C=O) groups excluding carboxylic acids is 1. The Bertz CT molecular complexity index is 675. The summed E-state index contributed by atoms with van der Waals surface area (Å²) < 4.78 is 0. The maximum Gasteiger partial charge on any atom is 0.270 e. The van der Waals surface area contributed by atoms with Crippen LogP contribution in [0.1, 0.15) is 36.7 Å². The molecule has 112 valence electrons. The van der Waals surface area contributed by atoms with Gasteiger partial charge in [-0.25, -0.2) is 0 Å². The zero-order valence-electron chi connectivity index (χ0n) is 12.2. The quantitative estimate of drug-likeness (QED) is 0.703. The summed E-state index contributed by atoms with van der Waals surface area (Å²) in [5, 5.41) is 11.1. The van der Waals surface area contributed by atoms with Crippen molar-refractivity contribution in [2.45, 2.75) is 31.8 Å². The molecule has 2 aromatic rings. The molecule has 2 heterocycles. The molecule has 5 heteroatoms. The molecular weight excluding hydrogens is 266 g/mol. The number of benzene rings is 1. The highest BCUT2D eigenvalue weighted by molar-refractivity contribution is 5.98. The van der Waals surface area contributed by atoms with Gasteiger partial charge in [-0.15, -0.1) is 0 Å². The monoisotopic (exact) mass is 287 g/mol. The van der Waals surface area contributed by atoms with Crippen LogP contribution in [-0.4, -0.2) is 39.6 Å². The molecule has 4 N–H and O–H groups in total. The van der Waals surface area contributed by atoms with E-state index in [-0.39, 0.29) is 5.91 Å². The number of H-pyrrole nitrogens is 1. The van der Waals surface area contributed by atoms with Gasteiger partial charge in [0.15, 0.2) is 0 Å². The third-order valence-electron chi connectivity index (χ3n) is 4.23. The highest BCUT2D eigenvalue weighted by Gasteiger charge is 2.27. The van der Waals surface area contributed by atoms with Crippen LogP contribution in [0.2, 0.25) is 0 Å². The summed E-state index contributed by atoms with van der Waals surface area (Å²) in [5.74, 6) is -0.0116. The maximum atomic E-state index is 12.6. The van der Waals surface area contributed by atoms with E-state index >= 15 is 0 Å². The van der Waals surface area contributed by atoms with Crippen LogP contribution >= 0.6 is 0 Å². The number of hydrogen-bond acceptors (Lipinski definition) is 3. The summed E-state index contributed by atoms with van der Waals surface area (Å²) in [6, 6.07) is 7.40. The Hall–Kier alpha value is -2.01. The van der Waals surface area contributed by atoms with Gasteiger partial charge in [-0.1, -0.05) is 0 Å². The van der Waals surface area contributed by atoms with Crippen LogP contribution in [0.3, 0.4) is 0 Å². The lowest BCUT2D eigenvalue weighted by atomic mass is 9.98. The predicted molar refractivity (Wildman–Crippen MR) is 83.1 cm³/mol. The smallest absolute Gasteiger partial charge is 0.270 e. The third-order valence-corrected chi connectivity index (χ3v) is 4.23. The minimum Gasteiger partial charge on any atom is -0.399 e. The minimum absolute atomic E-state index is 0.0116. The second kappa shape index (κ2) is 5.07. The molecule has 5 nitrogen and oxygen atoms in total. The molecule has 1 fully saturated rings. The van der Waals surface area contributed by atoms with Gasteiger partial charge in [0.2, 0.25) is 0 Å². The minimum atomic E-state index is -0.663. The Kier molecular flexibility index (Phi) is 3.37. The van der Waals surface area contributed by atoms with E-state index < -0.39 is 5.60 Å². The lowest BCUT2D eigenvalue weighted by Crippen LogP contribution is -2.33. The number of nitrogens with zero attached hydrogens (tertiary/aromatic N) is 1. The number of amides is 1. The van der Waals surface area contributed by atoms with Crippen LogP contribution in [0.15, 0.2) is 24.3 Å². The van der Waals surface area contributed by atoms with Crippen molar-refractivity contribution in [1.29, 1.82) is 0 Å². The Balaban J connectivity index is 1.83. The molecule has 1 aliphatic rings. The van der Waals surface area contributed by atoms with Crippen LogP contribution in [0, 0.1) is 0 Å². The average molecular weight is 287 g/mol. The fourth-order valence-corrected chi connectivity index (χ4v) is 2.90. The number of nitrogen functional groups attached to an aromatic ring is 1. The van der Waals surface area contributed by atoms with Crippen LogP contribution in [0.25, 0.3) is 10.9 Å². The molecule has 1 unspecified atom stereocenters. The normalized spacial score (nSPS) is 23.2. The first-order valence-corrected chi connectivity index (χ1v) is 7.34. The zero-order valence-corrected chi connectivity index (χ0v) is 12.2. The number of rotatable bonds is 1. The van der Waals surface area contributed by atoms with Gasteiger partial charge >= 0.3 is 0 Å². The van der Waals surface area contributed by atoms with E-state index in [0.29, 0.717) is 30.9 Å². The number of aromatic nitrogens is 1. The number of anilines is 1. The van der Waals surface area contributed by atoms with Crippen molar-refractivity contribution >= 4 is 22.5 Å². The number of nitrogens with two attached hydrogens (primary N) is 1. The first-order chi connectivity index (χ1) is 9.94. The molecule has 1 atom stereocenters. The van der Waals surface area contributed by atoms with Crippen molar-refractivity contribution in [2.75, 3.05) is 18.8 Å². The molecule has 21 heavy (non-hydrogen) atoms. The van der Waals surface area contributed by atoms with Gasteiger partial charge in [0, 0.05) is 29.7 Å². The Morgan fingerprint density at radius 2 is 2.14 bits per heavy atom. The molecule has 0 aliphatic carbocycles. The first-order valence-electron chi connectivity index (χ1n) is 7.34. The number of hydrogen-bond donors (Lipinski definition) is 3. The predicted octanol–water partition coefficient (Wildman–Crippen LogP) is 2.13. The topological polar surface area (TPSA) is 82.3 Å². The van der Waals surface area contributed by atoms with Gasteiger partial charge in [0.05, 0.1) is 5.60 Å². The molecule has 0 saturated carbocycles. The van der Waals surface area contributed by atoms with Crippen LogP contribution in [0.5, 0.6) is 0 Å². The van der Waals surface area contributed by atoms with Gasteiger partial charge in [0.25, 0.3) is 5.91 Å². The highest BCUT2D eigenvalue weighted by Crippen LogP contribution is 2.24. The lowest BCUT2D eigenvalue weighted by Gasteiger charge is -2.22. The molecule has 1 saturated heterocycles. The highest BCUT2D eigenvalue weighted by atomic mass is 16.3. The van der Waals surface area contributed by atoms with Gasteiger partial charge in [-0.3, -0.25) is 4.79 Å². The van der Waals surface area contributed by atoms with Crippen LogP contribution < -0.4 is 5.73 Å². The average Bonchev–Trinajstić information content (AvgIpc) is 2.75. The Labute approximate surface area is 123 Å². The van der Waals surface area contributed by atoms with Crippen LogP contribution in [-0.2, 0) is 0 Å². The van der Waals surface area contributed by atoms with Crippen molar-refractivity contribution in [3.8, 4) is 0 Å². The molecule has 0 spiro atoms. The number of nitrogens with one attached hydrogen (secondary N) is 1. The summed E-state index contributed by atoms with van der Waals surface area (Å²) in [6.45, 7) is 3.11. The van der Waals surface area contributed by atoms with E-state index in [0.717, 1.165) is 23.7 Å². The van der Waals surface area contributed by atoms with E-state index in [9.17, 15) is 9.90 Å². The summed E-state index contributed by atoms with van der Waals surface area (Å²) >= 11 is 0. The molecular formula is C16H21N3O2. The molecule has 3 rings (SSSR count). The zero-order chi connectivity index (χ0) is 15.0. The van der Waals surface area contributed by atoms with Gasteiger partial charge in [-0.2, -0.15) is 0 Å². The fourth-order valence-electron chi connectivity index (χ4n) is 2.90. The second-order valence-electron chi connectivity index (χ2n) is 6.17. The molecule has 0 radical (unpaired) electrons. The van der Waals surface area contributed by atoms with E-state index in [1.807, 2.05) is 36.1 Å². The van der Waals surface area contributed by atoms with Gasteiger partial charge in [-0.05, 0) is 50.5 Å². The van der Waals surface area contributed by atoms with Crippen LogP contribution in [0.4, 0.5) is 5.69 Å². The number of likely N-dealkylation sites (tertiary alicyclic amines) is 1. The number of carbonyl (C=O) groups is 1. The summed E-state index contributed by atoms with van der Waals surface area (Å²) in [7, 11) is 0. The molecule has 1 amide bonds. The largest absolute Gasteiger partial charge is 0.399 e. The molecule has 1 aromatic heterocycles. The summed E-state index contributed by atoms with van der Waals surface area (Å²) in [6.07, 6.45) is 2.18. The summed E-state index contributed by atoms with van der Waals surface area (Å²) in [5.41, 5.74) is 7.28. The summed E-state index contributed by atoms with van der Waals surface area (Å²) in [4.78, 5) is 17.6. The van der Waals surface area contributed by atoms with Crippen molar-refractivity contribution in [2.24, 2.45) is 0 Å². The number of fused-ring (bicyclic) bond motifs is 1. The molecule has 1 aliphatic heterocycles. The maximum absolute atomic E-state index is 12.6. The number of aromatic amines is 1. The molecule has 0 bridgehead atoms. The van der Waals surface area contributed by atoms with Crippen molar-refractivity contribution < 1.29 is 9.90 Å². The SMILES string of the molecule is CC1(O)CCCN(C(=O)c2cc3cc(N)ccc3[nH]2)CC1. The number of aliphatic hydroxyl groups is 1. The first kappa shape index (κ1) is 13.9. The van der Waals surface area contributed by atoms with Crippen molar-refractivity contribution in [3.63, 3.8) is 0 Å². The Morgan fingerprint density at radius 1 is 1.33 bits per heavy atom. The lowest BCUT2D eigenvalue weighted by molar-refractivity contribution is 0.0437. The van der Waals surface area contributed by atoms with E-state index in [1.165, 1.54) is 0 Å². The standard InChI is InChI=1S/C16H21N3O2/c1-16(21)5-2-7-19(8-6-16)15(20)14-10-11-9-12(17)3-4-13(11)18-14/h3-4,9-10,18,21H,2,5-8,17H2,1H3. The fraction of sp³-hybridized carbons (Fsp3) is 0.438. The van der Waals surface area contributed by atoms with Crippen molar-refractivity contribution in [1.82, 2.24) is 9.88 Å². The molecule has 1 aromatic carbocycles. The van der Waals surface area contributed by atoms with E-state index in [1.54, 1.807) is 0 Å².